The average Bonchev–Trinajstić information content (AvgIpc) is 2.55. The Balaban J connectivity index is 1.83. The molecule has 1 aliphatic heterocycles. The molecule has 1 heterocycles. The van der Waals surface area contributed by atoms with Crippen LogP contribution in [0, 0.1) is 12.8 Å². The number of benzene rings is 2. The van der Waals surface area contributed by atoms with Gasteiger partial charge in [0.15, 0.2) is 5.78 Å². The number of ether oxygens (including phenoxy) is 1. The van der Waals surface area contributed by atoms with Crippen molar-refractivity contribution >= 4 is 12.1 Å². The van der Waals surface area contributed by atoms with Gasteiger partial charge >= 0.3 is 0 Å². The van der Waals surface area contributed by atoms with E-state index >= 15 is 0 Å². The predicted molar refractivity (Wildman–Crippen MR) is 84.4 cm³/mol. The minimum absolute atomic E-state index is 0.0529. The molecule has 3 heteroatoms. The van der Waals surface area contributed by atoms with Crippen LogP contribution in [0.3, 0.4) is 0 Å². The quantitative estimate of drug-likeness (QED) is 0.639. The highest BCUT2D eigenvalue weighted by atomic mass is 16.5. The van der Waals surface area contributed by atoms with E-state index in [1.165, 1.54) is 0 Å². The summed E-state index contributed by atoms with van der Waals surface area (Å²) >= 11 is 0. The first-order valence-corrected chi connectivity index (χ1v) is 7.46. The van der Waals surface area contributed by atoms with Crippen LogP contribution in [0.4, 0.5) is 0 Å². The van der Waals surface area contributed by atoms with Gasteiger partial charge in [0.25, 0.3) is 0 Å². The Morgan fingerprint density at radius 2 is 2.00 bits per heavy atom. The van der Waals surface area contributed by atoms with Gasteiger partial charge in [-0.1, -0.05) is 48.0 Å². The molecule has 0 saturated heterocycles. The topological polar surface area (TPSA) is 43.4 Å². The maximum atomic E-state index is 12.4. The lowest BCUT2D eigenvalue weighted by Gasteiger charge is -2.30. The third-order valence-electron chi connectivity index (χ3n) is 4.18. The van der Waals surface area contributed by atoms with Crippen LogP contribution in [0.15, 0.2) is 48.5 Å². The van der Waals surface area contributed by atoms with E-state index in [1.807, 2.05) is 43.3 Å². The summed E-state index contributed by atoms with van der Waals surface area (Å²) in [4.78, 5) is 24.0. The van der Waals surface area contributed by atoms with Crippen molar-refractivity contribution in [2.75, 3.05) is 6.61 Å². The van der Waals surface area contributed by atoms with E-state index in [-0.39, 0.29) is 17.6 Å². The summed E-state index contributed by atoms with van der Waals surface area (Å²) in [6.07, 6.45) is 1.27. The Morgan fingerprint density at radius 3 is 2.73 bits per heavy atom. The van der Waals surface area contributed by atoms with Gasteiger partial charge < -0.3 is 9.53 Å². The first kappa shape index (κ1) is 14.5. The molecule has 22 heavy (non-hydrogen) atoms. The maximum absolute atomic E-state index is 12.4. The van der Waals surface area contributed by atoms with Crippen LogP contribution in [0.5, 0.6) is 5.75 Å². The van der Waals surface area contributed by atoms with Crippen LogP contribution >= 0.6 is 0 Å². The van der Waals surface area contributed by atoms with E-state index in [2.05, 4.69) is 0 Å². The van der Waals surface area contributed by atoms with Crippen LogP contribution in [0.25, 0.3) is 0 Å². The van der Waals surface area contributed by atoms with Crippen LogP contribution in [0.2, 0.25) is 0 Å². The van der Waals surface area contributed by atoms with Gasteiger partial charge in [0.05, 0.1) is 6.61 Å². The zero-order valence-electron chi connectivity index (χ0n) is 12.5. The minimum Gasteiger partial charge on any atom is -0.493 e. The summed E-state index contributed by atoms with van der Waals surface area (Å²) in [5.41, 5.74) is 2.67. The molecule has 0 aromatic heterocycles. The lowest BCUT2D eigenvalue weighted by Crippen LogP contribution is -2.29. The van der Waals surface area contributed by atoms with Crippen molar-refractivity contribution in [3.63, 3.8) is 0 Å². The number of carbonyl (C=O) groups excluding carboxylic acids is 2. The van der Waals surface area contributed by atoms with Crippen LogP contribution < -0.4 is 4.74 Å². The third-order valence-corrected chi connectivity index (χ3v) is 4.18. The summed E-state index contributed by atoms with van der Waals surface area (Å²) in [5.74, 6) is 0.416. The molecular weight excluding hydrogens is 276 g/mol. The molecule has 0 fully saturated rings. The average molecular weight is 294 g/mol. The molecule has 3 rings (SSSR count). The van der Waals surface area contributed by atoms with Gasteiger partial charge in [-0.15, -0.1) is 0 Å². The number of Topliss-reactive ketones (excluding diaryl/α,β-unsaturated/α-hetero) is 1. The van der Waals surface area contributed by atoms with Gasteiger partial charge in [0.1, 0.15) is 12.0 Å². The largest absolute Gasteiger partial charge is 0.493 e. The van der Waals surface area contributed by atoms with Crippen LogP contribution in [-0.2, 0) is 4.79 Å². The Labute approximate surface area is 129 Å². The first-order valence-electron chi connectivity index (χ1n) is 7.46. The number of aryl methyl sites for hydroxylation is 1. The molecule has 2 atom stereocenters. The highest BCUT2D eigenvalue weighted by Crippen LogP contribution is 2.38. The van der Waals surface area contributed by atoms with Gasteiger partial charge in [-0.25, -0.2) is 0 Å². The molecule has 2 aromatic carbocycles. The van der Waals surface area contributed by atoms with Crippen LogP contribution in [-0.4, -0.2) is 18.7 Å². The Hall–Kier alpha value is -2.42. The van der Waals surface area contributed by atoms with Crippen molar-refractivity contribution in [1.29, 1.82) is 0 Å². The zero-order chi connectivity index (χ0) is 15.5. The molecule has 112 valence electrons. The first-order chi connectivity index (χ1) is 10.7. The number of ketones is 1. The molecule has 2 unspecified atom stereocenters. The molecule has 0 aliphatic carbocycles. The standard InChI is InChI=1S/C19H18O3/c1-13-7-8-19-16(9-13)17(11-20)15(12-22-19)10-18(21)14-5-3-2-4-6-14/h2-9,11,15,17H,10,12H2,1H3. The predicted octanol–water partition coefficient (Wildman–Crippen LogP) is 3.56. The zero-order valence-corrected chi connectivity index (χ0v) is 12.5. The summed E-state index contributed by atoms with van der Waals surface area (Å²) < 4.78 is 5.75. The van der Waals surface area contributed by atoms with E-state index in [1.54, 1.807) is 12.1 Å². The Morgan fingerprint density at radius 1 is 1.23 bits per heavy atom. The van der Waals surface area contributed by atoms with Gasteiger partial charge in [0.2, 0.25) is 0 Å². The van der Waals surface area contributed by atoms with E-state index in [0.29, 0.717) is 18.6 Å². The van der Waals surface area contributed by atoms with E-state index in [4.69, 9.17) is 4.74 Å². The van der Waals surface area contributed by atoms with Gasteiger partial charge in [-0.3, -0.25) is 4.79 Å². The molecule has 1 aliphatic rings. The molecule has 0 spiro atoms. The SMILES string of the molecule is Cc1ccc2c(c1)C(C=O)C(CC(=O)c1ccccc1)CO2. The van der Waals surface area contributed by atoms with E-state index < -0.39 is 0 Å². The van der Waals surface area contributed by atoms with Gasteiger partial charge in [-0.05, 0) is 13.0 Å². The molecule has 0 saturated carbocycles. The molecule has 0 radical (unpaired) electrons. The number of fused-ring (bicyclic) bond motifs is 1. The summed E-state index contributed by atoms with van der Waals surface area (Å²) in [7, 11) is 0. The molecule has 0 N–H and O–H groups in total. The van der Waals surface area contributed by atoms with E-state index in [9.17, 15) is 9.59 Å². The number of hydrogen-bond acceptors (Lipinski definition) is 3. The van der Waals surface area contributed by atoms with Crippen molar-refractivity contribution in [3.8, 4) is 5.75 Å². The number of aldehydes is 1. The van der Waals surface area contributed by atoms with Crippen molar-refractivity contribution in [2.24, 2.45) is 5.92 Å². The third kappa shape index (κ3) is 2.80. The maximum Gasteiger partial charge on any atom is 0.163 e. The lowest BCUT2D eigenvalue weighted by atomic mass is 9.81. The molecular formula is C19H18O3. The summed E-state index contributed by atoms with van der Waals surface area (Å²) in [6, 6.07) is 15.0. The fourth-order valence-corrected chi connectivity index (χ4v) is 2.96. The van der Waals surface area contributed by atoms with Crippen molar-refractivity contribution in [3.05, 3.63) is 65.2 Å². The van der Waals surface area contributed by atoms with Gasteiger partial charge in [-0.2, -0.15) is 0 Å². The number of hydrogen-bond donors (Lipinski definition) is 0. The summed E-state index contributed by atoms with van der Waals surface area (Å²) in [6.45, 7) is 2.39. The Kier molecular flexibility index (Phi) is 4.05. The van der Waals surface area contributed by atoms with Crippen molar-refractivity contribution < 1.29 is 14.3 Å². The second kappa shape index (κ2) is 6.14. The molecule has 2 aromatic rings. The van der Waals surface area contributed by atoms with Crippen LogP contribution in [0.1, 0.15) is 33.8 Å². The molecule has 0 bridgehead atoms. The minimum atomic E-state index is -0.281. The summed E-state index contributed by atoms with van der Waals surface area (Å²) in [5, 5.41) is 0. The molecule has 0 amide bonds. The highest BCUT2D eigenvalue weighted by Gasteiger charge is 2.32. The van der Waals surface area contributed by atoms with Crippen molar-refractivity contribution in [2.45, 2.75) is 19.3 Å². The second-order valence-corrected chi connectivity index (χ2v) is 5.77. The van der Waals surface area contributed by atoms with E-state index in [0.717, 1.165) is 23.2 Å². The van der Waals surface area contributed by atoms with Crippen molar-refractivity contribution in [1.82, 2.24) is 0 Å². The number of rotatable bonds is 4. The Bertz CT molecular complexity index is 691. The molecule has 3 nitrogen and oxygen atoms in total. The monoisotopic (exact) mass is 294 g/mol. The second-order valence-electron chi connectivity index (χ2n) is 5.77. The highest BCUT2D eigenvalue weighted by molar-refractivity contribution is 5.96. The fourth-order valence-electron chi connectivity index (χ4n) is 2.96. The van der Waals surface area contributed by atoms with Gasteiger partial charge in [0, 0.05) is 29.4 Å². The lowest BCUT2D eigenvalue weighted by molar-refractivity contribution is -0.110. The number of carbonyl (C=O) groups is 2. The normalized spacial score (nSPS) is 19.9. The smallest absolute Gasteiger partial charge is 0.163 e. The fraction of sp³-hybridized carbons (Fsp3) is 0.263.